The Hall–Kier alpha value is -2.28. The van der Waals surface area contributed by atoms with Crippen molar-refractivity contribution in [3.05, 3.63) is 23.8 Å². The summed E-state index contributed by atoms with van der Waals surface area (Å²) < 4.78 is 15.7. The maximum absolute atomic E-state index is 12.0. The third-order valence-corrected chi connectivity index (χ3v) is 4.46. The molecule has 1 amide bonds. The number of rotatable bonds is 8. The first-order valence-corrected chi connectivity index (χ1v) is 8.91. The van der Waals surface area contributed by atoms with Gasteiger partial charge < -0.3 is 24.0 Å². The van der Waals surface area contributed by atoms with Crippen molar-refractivity contribution in [3.8, 4) is 5.75 Å². The third-order valence-electron chi connectivity index (χ3n) is 4.46. The van der Waals surface area contributed by atoms with E-state index >= 15 is 0 Å². The Labute approximate surface area is 154 Å². The number of amides is 1. The molecule has 0 aromatic heterocycles. The zero-order valence-electron chi connectivity index (χ0n) is 15.8. The number of carbonyl (C=O) groups excluding carboxylic acids is 2. The van der Waals surface area contributed by atoms with Gasteiger partial charge in [-0.25, -0.2) is 4.79 Å². The van der Waals surface area contributed by atoms with Gasteiger partial charge in [0.05, 0.1) is 13.7 Å². The molecule has 0 bridgehead atoms. The molecule has 1 heterocycles. The number of carbonyl (C=O) groups is 2. The van der Waals surface area contributed by atoms with Crippen LogP contribution in [0.5, 0.6) is 5.75 Å². The molecule has 1 aliphatic rings. The molecule has 1 fully saturated rings. The molecule has 0 aliphatic carbocycles. The molecule has 1 aliphatic heterocycles. The topological polar surface area (TPSA) is 68.3 Å². The largest absolute Gasteiger partial charge is 0.493 e. The molecule has 0 unspecified atom stereocenters. The van der Waals surface area contributed by atoms with Gasteiger partial charge in [0, 0.05) is 58.6 Å². The van der Waals surface area contributed by atoms with E-state index in [1.165, 1.54) is 7.11 Å². The summed E-state index contributed by atoms with van der Waals surface area (Å²) in [6, 6.07) is 5.52. The van der Waals surface area contributed by atoms with Crippen LogP contribution in [0.2, 0.25) is 0 Å². The number of methoxy groups -OCH3 is 2. The Balaban J connectivity index is 2.07. The van der Waals surface area contributed by atoms with Crippen LogP contribution in [0.15, 0.2) is 18.2 Å². The first-order valence-electron chi connectivity index (χ1n) is 8.91. The summed E-state index contributed by atoms with van der Waals surface area (Å²) in [5.74, 6) is 0.219. The van der Waals surface area contributed by atoms with Crippen LogP contribution in [0, 0.1) is 0 Å². The van der Waals surface area contributed by atoms with E-state index in [9.17, 15) is 9.59 Å². The minimum atomic E-state index is -0.412. The van der Waals surface area contributed by atoms with Gasteiger partial charge in [-0.3, -0.25) is 4.79 Å². The molecule has 1 aromatic carbocycles. The van der Waals surface area contributed by atoms with Crippen molar-refractivity contribution < 1.29 is 23.8 Å². The number of piperazine rings is 1. The van der Waals surface area contributed by atoms with Gasteiger partial charge >= 0.3 is 5.97 Å². The molecule has 26 heavy (non-hydrogen) atoms. The highest BCUT2D eigenvalue weighted by Gasteiger charge is 2.21. The highest BCUT2D eigenvalue weighted by Crippen LogP contribution is 2.27. The van der Waals surface area contributed by atoms with Gasteiger partial charge in [0.1, 0.15) is 11.3 Å². The number of hydrogen-bond acceptors (Lipinski definition) is 6. The fraction of sp³-hybridized carbons (Fsp3) is 0.579. The van der Waals surface area contributed by atoms with E-state index in [0.717, 1.165) is 31.6 Å². The molecule has 1 aromatic rings. The number of benzene rings is 1. The molecule has 2 rings (SSSR count). The van der Waals surface area contributed by atoms with Crippen molar-refractivity contribution in [2.24, 2.45) is 0 Å². The van der Waals surface area contributed by atoms with E-state index in [1.807, 2.05) is 17.0 Å². The maximum Gasteiger partial charge on any atom is 0.341 e. The van der Waals surface area contributed by atoms with Crippen molar-refractivity contribution in [2.45, 2.75) is 19.8 Å². The van der Waals surface area contributed by atoms with E-state index in [0.29, 0.717) is 37.6 Å². The van der Waals surface area contributed by atoms with Crippen molar-refractivity contribution in [1.29, 1.82) is 0 Å². The molecule has 0 saturated carbocycles. The van der Waals surface area contributed by atoms with Crippen LogP contribution >= 0.6 is 0 Å². The fourth-order valence-electron chi connectivity index (χ4n) is 2.92. The van der Waals surface area contributed by atoms with Crippen molar-refractivity contribution >= 4 is 17.6 Å². The van der Waals surface area contributed by atoms with E-state index in [-0.39, 0.29) is 5.91 Å². The average Bonchev–Trinajstić information content (AvgIpc) is 2.67. The van der Waals surface area contributed by atoms with Crippen LogP contribution < -0.4 is 9.64 Å². The first-order chi connectivity index (χ1) is 12.6. The highest BCUT2D eigenvalue weighted by atomic mass is 16.5. The zero-order chi connectivity index (χ0) is 18.9. The van der Waals surface area contributed by atoms with Crippen LogP contribution in [-0.2, 0) is 14.3 Å². The van der Waals surface area contributed by atoms with Gasteiger partial charge in [-0.05, 0) is 25.0 Å². The third kappa shape index (κ3) is 5.36. The molecule has 0 atom stereocenters. The molecular formula is C19H28N2O5. The van der Waals surface area contributed by atoms with E-state index in [1.54, 1.807) is 20.1 Å². The number of hydrogen-bond donors (Lipinski definition) is 0. The van der Waals surface area contributed by atoms with Gasteiger partial charge in [0.2, 0.25) is 5.91 Å². The van der Waals surface area contributed by atoms with Gasteiger partial charge in [0.15, 0.2) is 0 Å². The second-order valence-corrected chi connectivity index (χ2v) is 6.21. The molecule has 0 radical (unpaired) electrons. The summed E-state index contributed by atoms with van der Waals surface area (Å²) in [7, 11) is 3.03. The van der Waals surface area contributed by atoms with Gasteiger partial charge in [-0.2, -0.15) is 0 Å². The summed E-state index contributed by atoms with van der Waals surface area (Å²) in [4.78, 5) is 27.5. The second-order valence-electron chi connectivity index (χ2n) is 6.21. The summed E-state index contributed by atoms with van der Waals surface area (Å²) in [6.07, 6.45) is 1.74. The summed E-state index contributed by atoms with van der Waals surface area (Å²) in [5.41, 5.74) is 1.40. The summed E-state index contributed by atoms with van der Waals surface area (Å²) in [6.45, 7) is 5.69. The van der Waals surface area contributed by atoms with Crippen molar-refractivity contribution in [2.75, 3.05) is 58.5 Å². The van der Waals surface area contributed by atoms with E-state index in [4.69, 9.17) is 14.2 Å². The zero-order valence-corrected chi connectivity index (χ0v) is 15.8. The predicted molar refractivity (Wildman–Crippen MR) is 98.9 cm³/mol. The smallest absolute Gasteiger partial charge is 0.341 e. The van der Waals surface area contributed by atoms with Gasteiger partial charge in [-0.15, -0.1) is 0 Å². The monoisotopic (exact) mass is 364 g/mol. The molecule has 7 nitrogen and oxygen atoms in total. The van der Waals surface area contributed by atoms with E-state index in [2.05, 4.69) is 4.90 Å². The number of unbranched alkanes of at least 4 members (excludes halogenated alkanes) is 1. The lowest BCUT2D eigenvalue weighted by atomic mass is 10.1. The Bertz CT molecular complexity index is 612. The lowest BCUT2D eigenvalue weighted by molar-refractivity contribution is -0.129. The molecule has 0 spiro atoms. The van der Waals surface area contributed by atoms with Crippen LogP contribution in [-0.4, -0.2) is 70.4 Å². The maximum atomic E-state index is 12.0. The SMILES string of the molecule is COCCCCOc1cc(N2CCN(C(C)=O)CC2)ccc1C(=O)OC. The van der Waals surface area contributed by atoms with Crippen LogP contribution in [0.3, 0.4) is 0 Å². The number of esters is 1. The van der Waals surface area contributed by atoms with Crippen LogP contribution in [0.4, 0.5) is 5.69 Å². The molecule has 144 valence electrons. The standard InChI is InChI=1S/C19H28N2O5/c1-15(22)20-8-10-21(11-9-20)16-6-7-17(19(23)25-3)18(14-16)26-13-5-4-12-24-2/h6-7,14H,4-5,8-13H2,1-3H3. The van der Waals surface area contributed by atoms with E-state index < -0.39 is 5.97 Å². The van der Waals surface area contributed by atoms with Crippen molar-refractivity contribution in [3.63, 3.8) is 0 Å². The minimum absolute atomic E-state index is 0.103. The Kier molecular flexibility index (Phi) is 7.72. The molecular weight excluding hydrogens is 336 g/mol. The molecule has 1 saturated heterocycles. The van der Waals surface area contributed by atoms with Gasteiger partial charge in [-0.1, -0.05) is 0 Å². The molecule has 0 N–H and O–H groups in total. The highest BCUT2D eigenvalue weighted by molar-refractivity contribution is 5.93. The average molecular weight is 364 g/mol. The first kappa shape index (κ1) is 20.0. The lowest BCUT2D eigenvalue weighted by Crippen LogP contribution is -2.48. The normalized spacial score (nSPS) is 14.3. The Morgan fingerprint density at radius 3 is 2.35 bits per heavy atom. The predicted octanol–water partition coefficient (Wildman–Crippen LogP) is 1.95. The fourth-order valence-corrected chi connectivity index (χ4v) is 2.92. The Morgan fingerprint density at radius 1 is 1.04 bits per heavy atom. The second kappa shape index (κ2) is 10.0. The summed E-state index contributed by atoms with van der Waals surface area (Å²) >= 11 is 0. The minimum Gasteiger partial charge on any atom is -0.493 e. The Morgan fingerprint density at radius 2 is 1.73 bits per heavy atom. The van der Waals surface area contributed by atoms with Crippen LogP contribution in [0.25, 0.3) is 0 Å². The number of ether oxygens (including phenoxy) is 3. The molecule has 7 heteroatoms. The van der Waals surface area contributed by atoms with Gasteiger partial charge in [0.25, 0.3) is 0 Å². The number of anilines is 1. The lowest BCUT2D eigenvalue weighted by Gasteiger charge is -2.35. The summed E-state index contributed by atoms with van der Waals surface area (Å²) in [5, 5.41) is 0. The van der Waals surface area contributed by atoms with Crippen LogP contribution in [0.1, 0.15) is 30.1 Å². The quantitative estimate of drug-likeness (QED) is 0.519. The van der Waals surface area contributed by atoms with Crippen molar-refractivity contribution in [1.82, 2.24) is 4.90 Å². The number of nitrogens with zero attached hydrogens (tertiary/aromatic N) is 2.